The highest BCUT2D eigenvalue weighted by Crippen LogP contribution is 2.33. The van der Waals surface area contributed by atoms with E-state index in [0.717, 1.165) is 6.07 Å². The molecule has 186 valence electrons. The first kappa shape index (κ1) is 26.0. The molecule has 3 rings (SSSR count). The van der Waals surface area contributed by atoms with E-state index in [1.165, 1.54) is 23.1 Å². The molecule has 1 heterocycles. The van der Waals surface area contributed by atoms with E-state index in [1.807, 2.05) is 4.72 Å². The summed E-state index contributed by atoms with van der Waals surface area (Å²) in [5.41, 5.74) is 0.764. The molecule has 0 bridgehead atoms. The van der Waals surface area contributed by atoms with Gasteiger partial charge < -0.3 is 9.64 Å². The molecular formula is C23H26F4N2O4S. The van der Waals surface area contributed by atoms with Crippen molar-refractivity contribution in [2.45, 2.75) is 51.0 Å². The van der Waals surface area contributed by atoms with Crippen LogP contribution in [-0.2, 0) is 14.8 Å². The number of hydrogen-bond acceptors (Lipinski definition) is 4. The Labute approximate surface area is 196 Å². The van der Waals surface area contributed by atoms with Gasteiger partial charge in [-0.05, 0) is 50.5 Å². The van der Waals surface area contributed by atoms with Crippen molar-refractivity contribution in [2.24, 2.45) is 0 Å². The minimum absolute atomic E-state index is 0.0915. The number of hydrogen-bond donors (Lipinski definition) is 1. The number of halogens is 4. The van der Waals surface area contributed by atoms with Gasteiger partial charge in [-0.1, -0.05) is 18.2 Å². The van der Waals surface area contributed by atoms with Gasteiger partial charge in [-0.2, -0.15) is 8.78 Å². The third-order valence-electron chi connectivity index (χ3n) is 5.86. The molecule has 2 aromatic rings. The van der Waals surface area contributed by atoms with Crippen molar-refractivity contribution in [3.05, 3.63) is 53.6 Å². The van der Waals surface area contributed by atoms with Gasteiger partial charge in [0.25, 0.3) is 10.0 Å². The number of carbonyl (C=O) groups excluding carboxylic acids is 1. The van der Waals surface area contributed by atoms with Crippen LogP contribution < -0.4 is 9.46 Å². The number of nitrogens with zero attached hydrogens (tertiary/aromatic N) is 1. The lowest BCUT2D eigenvalue weighted by atomic mass is 9.98. The van der Waals surface area contributed by atoms with Gasteiger partial charge in [-0.15, -0.1) is 0 Å². The molecule has 1 aliphatic heterocycles. The Kier molecular flexibility index (Phi) is 8.19. The molecule has 1 saturated heterocycles. The first-order chi connectivity index (χ1) is 16.0. The van der Waals surface area contributed by atoms with Crippen LogP contribution >= 0.6 is 0 Å². The Hall–Kier alpha value is -2.66. The Bertz CT molecular complexity index is 1140. The summed E-state index contributed by atoms with van der Waals surface area (Å²) in [6, 6.07) is 6.96. The summed E-state index contributed by atoms with van der Waals surface area (Å²) in [6.07, 6.45) is 0.683. The predicted molar refractivity (Wildman–Crippen MR) is 119 cm³/mol. The molecule has 1 aliphatic rings. The standard InChI is InChI=1S/C23H26F4N2O4S/c1-14-5-3-6-17(22(14)25)18-13-16(24)8-9-20(18)33-12-10-21(30)29-11-4-7-19(15(29)2)28-34(31,32)23(26)27/h3,5-6,8-9,13,15,19,23,28H,4,7,10-12H2,1-2H3/t15-,19-/m0/s1. The molecule has 6 nitrogen and oxygen atoms in total. The number of piperidine rings is 1. The van der Waals surface area contributed by atoms with Gasteiger partial charge in [0, 0.05) is 29.8 Å². The summed E-state index contributed by atoms with van der Waals surface area (Å²) in [7, 11) is -4.78. The van der Waals surface area contributed by atoms with E-state index < -0.39 is 39.5 Å². The summed E-state index contributed by atoms with van der Waals surface area (Å²) in [5.74, 6) is -4.78. The quantitative estimate of drug-likeness (QED) is 0.549. The Balaban J connectivity index is 1.67. The Morgan fingerprint density at radius 3 is 2.65 bits per heavy atom. The number of rotatable bonds is 8. The van der Waals surface area contributed by atoms with E-state index in [0.29, 0.717) is 24.9 Å². The summed E-state index contributed by atoms with van der Waals surface area (Å²) >= 11 is 0. The molecule has 1 N–H and O–H groups in total. The van der Waals surface area contributed by atoms with Gasteiger partial charge in [0.05, 0.1) is 13.0 Å². The van der Waals surface area contributed by atoms with Crippen molar-refractivity contribution in [1.82, 2.24) is 9.62 Å². The van der Waals surface area contributed by atoms with Crippen LogP contribution in [0.5, 0.6) is 5.75 Å². The van der Waals surface area contributed by atoms with Crippen molar-refractivity contribution in [3.63, 3.8) is 0 Å². The van der Waals surface area contributed by atoms with Gasteiger partial charge >= 0.3 is 5.76 Å². The number of alkyl halides is 2. The molecular weight excluding hydrogens is 476 g/mol. The van der Waals surface area contributed by atoms with E-state index in [2.05, 4.69) is 0 Å². The monoisotopic (exact) mass is 502 g/mol. The van der Waals surface area contributed by atoms with Crippen molar-refractivity contribution in [1.29, 1.82) is 0 Å². The van der Waals surface area contributed by atoms with Crippen LogP contribution in [0.3, 0.4) is 0 Å². The zero-order valence-corrected chi connectivity index (χ0v) is 19.5. The first-order valence-electron chi connectivity index (χ1n) is 10.8. The molecule has 0 unspecified atom stereocenters. The van der Waals surface area contributed by atoms with Gasteiger partial charge in [0.15, 0.2) is 0 Å². The highest BCUT2D eigenvalue weighted by Gasteiger charge is 2.36. The second-order valence-electron chi connectivity index (χ2n) is 8.18. The maximum absolute atomic E-state index is 14.6. The third-order valence-corrected chi connectivity index (χ3v) is 6.96. The highest BCUT2D eigenvalue weighted by atomic mass is 32.2. The van der Waals surface area contributed by atoms with Crippen molar-refractivity contribution in [2.75, 3.05) is 13.2 Å². The molecule has 0 saturated carbocycles. The zero-order valence-electron chi connectivity index (χ0n) is 18.7. The molecule has 0 aromatic heterocycles. The minimum atomic E-state index is -4.78. The normalized spacial score (nSPS) is 18.9. The first-order valence-corrected chi connectivity index (χ1v) is 12.3. The number of ether oxygens (including phenoxy) is 1. The van der Waals surface area contributed by atoms with Crippen LogP contribution in [-0.4, -0.2) is 50.2 Å². The number of aryl methyl sites for hydroxylation is 1. The molecule has 11 heteroatoms. The molecule has 0 radical (unpaired) electrons. The van der Waals surface area contributed by atoms with E-state index >= 15 is 0 Å². The fraction of sp³-hybridized carbons (Fsp3) is 0.435. The lowest BCUT2D eigenvalue weighted by Gasteiger charge is -2.39. The van der Waals surface area contributed by atoms with E-state index in [4.69, 9.17) is 4.74 Å². The number of nitrogens with one attached hydrogen (secondary N) is 1. The van der Waals surface area contributed by atoms with Crippen molar-refractivity contribution >= 4 is 15.9 Å². The average molecular weight is 503 g/mol. The fourth-order valence-electron chi connectivity index (χ4n) is 4.00. The summed E-state index contributed by atoms with van der Waals surface area (Å²) in [5, 5.41) is 0. The average Bonchev–Trinajstić information content (AvgIpc) is 2.77. The van der Waals surface area contributed by atoms with Crippen LogP contribution in [0.25, 0.3) is 11.1 Å². The maximum atomic E-state index is 14.6. The Morgan fingerprint density at radius 1 is 1.21 bits per heavy atom. The van der Waals surface area contributed by atoms with E-state index in [9.17, 15) is 30.8 Å². The predicted octanol–water partition coefficient (Wildman–Crippen LogP) is 4.23. The second-order valence-corrected chi connectivity index (χ2v) is 9.86. The fourth-order valence-corrected chi connectivity index (χ4v) is 4.84. The van der Waals surface area contributed by atoms with Crippen molar-refractivity contribution in [3.8, 4) is 16.9 Å². The van der Waals surface area contributed by atoms with Crippen LogP contribution in [0.15, 0.2) is 36.4 Å². The van der Waals surface area contributed by atoms with Gasteiger partial charge in [0.1, 0.15) is 17.4 Å². The summed E-state index contributed by atoms with van der Waals surface area (Å²) in [4.78, 5) is 14.2. The topological polar surface area (TPSA) is 75.7 Å². The maximum Gasteiger partial charge on any atom is 0.350 e. The van der Waals surface area contributed by atoms with E-state index in [1.54, 1.807) is 26.0 Å². The zero-order chi connectivity index (χ0) is 25.0. The number of carbonyl (C=O) groups is 1. The van der Waals surface area contributed by atoms with Gasteiger partial charge in [-0.25, -0.2) is 21.9 Å². The summed E-state index contributed by atoms with van der Waals surface area (Å²) < 4.78 is 84.6. The summed E-state index contributed by atoms with van der Waals surface area (Å²) in [6.45, 7) is 3.44. The number of amides is 1. The van der Waals surface area contributed by atoms with Crippen LogP contribution in [0.1, 0.15) is 31.7 Å². The highest BCUT2D eigenvalue weighted by molar-refractivity contribution is 7.89. The molecule has 34 heavy (non-hydrogen) atoms. The third kappa shape index (κ3) is 5.87. The van der Waals surface area contributed by atoms with Gasteiger partial charge in [0.2, 0.25) is 5.91 Å². The van der Waals surface area contributed by atoms with E-state index in [-0.39, 0.29) is 35.8 Å². The molecule has 1 fully saturated rings. The molecule has 2 aromatic carbocycles. The number of sulfonamides is 1. The molecule has 2 atom stereocenters. The van der Waals surface area contributed by atoms with Crippen LogP contribution in [0, 0.1) is 18.6 Å². The SMILES string of the molecule is Cc1cccc(-c2cc(F)ccc2OCCC(=O)N2CCC[C@H](NS(=O)(=O)C(F)F)[C@@H]2C)c1F. The molecule has 0 spiro atoms. The lowest BCUT2D eigenvalue weighted by Crippen LogP contribution is -2.56. The smallest absolute Gasteiger partial charge is 0.350 e. The molecule has 0 aliphatic carbocycles. The lowest BCUT2D eigenvalue weighted by molar-refractivity contribution is -0.135. The largest absolute Gasteiger partial charge is 0.492 e. The van der Waals surface area contributed by atoms with Crippen LogP contribution in [0.2, 0.25) is 0 Å². The molecule has 1 amide bonds. The second kappa shape index (κ2) is 10.7. The van der Waals surface area contributed by atoms with Crippen molar-refractivity contribution < 1.29 is 35.5 Å². The van der Waals surface area contributed by atoms with Gasteiger partial charge in [-0.3, -0.25) is 4.79 Å². The number of benzene rings is 2. The van der Waals surface area contributed by atoms with Crippen LogP contribution in [0.4, 0.5) is 17.6 Å². The number of likely N-dealkylation sites (tertiary alicyclic amines) is 1. The Morgan fingerprint density at radius 2 is 1.94 bits per heavy atom. The minimum Gasteiger partial charge on any atom is -0.492 e.